The summed E-state index contributed by atoms with van der Waals surface area (Å²) in [6, 6.07) is 3.07. The largest absolute Gasteiger partial charge is 0.443 e. The van der Waals surface area contributed by atoms with Crippen molar-refractivity contribution in [1.29, 1.82) is 0 Å². The molecule has 0 amide bonds. The van der Waals surface area contributed by atoms with E-state index in [1.54, 1.807) is 6.07 Å². The van der Waals surface area contributed by atoms with Crippen LogP contribution in [-0.2, 0) is 4.74 Å². The van der Waals surface area contributed by atoms with Gasteiger partial charge in [0.25, 0.3) is 5.92 Å². The lowest BCUT2D eigenvalue weighted by Gasteiger charge is -2.30. The third kappa shape index (κ3) is 4.50. The van der Waals surface area contributed by atoms with Crippen LogP contribution in [0.25, 0.3) is 0 Å². The van der Waals surface area contributed by atoms with Crippen molar-refractivity contribution in [3.63, 3.8) is 0 Å². The lowest BCUT2D eigenvalue weighted by Crippen LogP contribution is -2.51. The van der Waals surface area contributed by atoms with Crippen LogP contribution in [0, 0.1) is 0 Å². The Labute approximate surface area is 116 Å². The predicted molar refractivity (Wildman–Crippen MR) is 68.4 cm³/mol. The van der Waals surface area contributed by atoms with E-state index < -0.39 is 30.3 Å². The lowest BCUT2D eigenvalue weighted by molar-refractivity contribution is -0.161. The van der Waals surface area contributed by atoms with Crippen molar-refractivity contribution in [2.75, 3.05) is 6.54 Å². The van der Waals surface area contributed by atoms with Crippen LogP contribution in [-0.4, -0.2) is 40.4 Å². The Morgan fingerprint density at radius 2 is 2.20 bits per heavy atom. The van der Waals surface area contributed by atoms with Crippen molar-refractivity contribution >= 4 is 5.97 Å². The van der Waals surface area contributed by atoms with Crippen LogP contribution in [0.4, 0.5) is 8.78 Å². The number of rotatable bonds is 6. The Kier molecular flexibility index (Phi) is 5.13. The van der Waals surface area contributed by atoms with Gasteiger partial charge in [-0.2, -0.15) is 0 Å². The predicted octanol–water partition coefficient (Wildman–Crippen LogP) is 1.58. The van der Waals surface area contributed by atoms with Crippen molar-refractivity contribution in [2.24, 2.45) is 0 Å². The highest BCUT2D eigenvalue weighted by atomic mass is 19.3. The zero-order valence-corrected chi connectivity index (χ0v) is 11.6. The van der Waals surface area contributed by atoms with Gasteiger partial charge in [-0.1, -0.05) is 0 Å². The Hall–Kier alpha value is -1.60. The van der Waals surface area contributed by atoms with Gasteiger partial charge in [0.2, 0.25) is 0 Å². The fourth-order valence-corrected chi connectivity index (χ4v) is 1.24. The minimum Gasteiger partial charge on any atom is -0.443 e. The number of ether oxygens (including phenoxy) is 1. The molecule has 0 saturated carbocycles. The minimum atomic E-state index is -3.35. The Bertz CT molecular complexity index is 447. The van der Waals surface area contributed by atoms with Crippen molar-refractivity contribution in [2.45, 2.75) is 38.5 Å². The number of nitrogens with zero attached hydrogens (tertiary/aromatic N) is 1. The summed E-state index contributed by atoms with van der Waals surface area (Å²) in [5.74, 6) is -4.01. The molecule has 1 aromatic rings. The fourth-order valence-electron chi connectivity index (χ4n) is 1.24. The molecule has 0 aliphatic heterocycles. The van der Waals surface area contributed by atoms with Crippen LogP contribution in [0.1, 0.15) is 31.1 Å². The molecular formula is C13H18F2N2O3. The molecule has 0 aliphatic rings. The van der Waals surface area contributed by atoms with Crippen molar-refractivity contribution in [3.8, 4) is 0 Å². The first kappa shape index (κ1) is 16.5. The molecular weight excluding hydrogens is 270 g/mol. The van der Waals surface area contributed by atoms with Gasteiger partial charge >= 0.3 is 5.97 Å². The van der Waals surface area contributed by atoms with Crippen LogP contribution in [0.5, 0.6) is 0 Å². The van der Waals surface area contributed by atoms with Crippen LogP contribution < -0.4 is 5.32 Å². The van der Waals surface area contributed by atoms with Gasteiger partial charge in [0.1, 0.15) is 5.60 Å². The maximum absolute atomic E-state index is 13.5. The van der Waals surface area contributed by atoms with Gasteiger partial charge in [0.15, 0.2) is 6.23 Å². The summed E-state index contributed by atoms with van der Waals surface area (Å²) in [5.41, 5.74) is -1.93. The summed E-state index contributed by atoms with van der Waals surface area (Å²) in [6.45, 7) is 2.65. The molecule has 20 heavy (non-hydrogen) atoms. The second-order valence-electron chi connectivity index (χ2n) is 4.93. The molecule has 0 radical (unpaired) electrons. The van der Waals surface area contributed by atoms with E-state index in [-0.39, 0.29) is 5.56 Å². The molecule has 1 rings (SSSR count). The monoisotopic (exact) mass is 288 g/mol. The smallest absolute Gasteiger partial charge is 0.341 e. The first-order valence-electron chi connectivity index (χ1n) is 6.08. The topological polar surface area (TPSA) is 71.4 Å². The molecule has 2 N–H and O–H groups in total. The minimum absolute atomic E-state index is 0.232. The van der Waals surface area contributed by atoms with Crippen molar-refractivity contribution < 1.29 is 23.4 Å². The number of nitrogens with one attached hydrogen (secondary N) is 1. The van der Waals surface area contributed by atoms with E-state index in [2.05, 4.69) is 10.3 Å². The van der Waals surface area contributed by atoms with Gasteiger partial charge in [-0.15, -0.1) is 0 Å². The lowest BCUT2D eigenvalue weighted by atomic mass is 10.0. The van der Waals surface area contributed by atoms with Gasteiger partial charge in [-0.05, 0) is 32.9 Å². The summed E-state index contributed by atoms with van der Waals surface area (Å²) in [4.78, 5) is 15.4. The molecule has 0 aromatic carbocycles. The molecule has 0 aliphatic carbocycles. The van der Waals surface area contributed by atoms with E-state index >= 15 is 0 Å². The van der Waals surface area contributed by atoms with E-state index in [0.717, 1.165) is 13.8 Å². The maximum atomic E-state index is 13.5. The average Bonchev–Trinajstić information content (AvgIpc) is 2.36. The Balaban J connectivity index is 2.49. The molecule has 0 bridgehead atoms. The molecule has 1 heterocycles. The number of aromatic nitrogens is 1. The number of aliphatic hydroxyl groups is 1. The normalized spacial score (nSPS) is 13.9. The van der Waals surface area contributed by atoms with Gasteiger partial charge < -0.3 is 9.84 Å². The van der Waals surface area contributed by atoms with Gasteiger partial charge in [-0.25, -0.2) is 13.6 Å². The first-order chi connectivity index (χ1) is 9.13. The number of carbonyl (C=O) groups is 1. The van der Waals surface area contributed by atoms with E-state index in [1.165, 1.54) is 25.4 Å². The van der Waals surface area contributed by atoms with Crippen molar-refractivity contribution in [3.05, 3.63) is 30.1 Å². The average molecular weight is 288 g/mol. The van der Waals surface area contributed by atoms with Gasteiger partial charge in [0.05, 0.1) is 12.1 Å². The SMILES string of the molecule is CC(NCC(F)(F)C(C)(C)O)OC(=O)c1cccnc1. The van der Waals surface area contributed by atoms with Crippen LogP contribution in [0.3, 0.4) is 0 Å². The number of carbonyl (C=O) groups excluding carboxylic acids is 1. The van der Waals surface area contributed by atoms with Crippen molar-refractivity contribution in [1.82, 2.24) is 10.3 Å². The standard InChI is InChI=1S/C13H18F2N2O3/c1-9(17-8-13(14,15)12(2,3)19)20-11(18)10-5-4-6-16-7-10/h4-7,9,17,19H,8H2,1-3H3. The van der Waals surface area contributed by atoms with Crippen LogP contribution in [0.15, 0.2) is 24.5 Å². The second kappa shape index (κ2) is 6.23. The molecule has 0 saturated heterocycles. The fraction of sp³-hybridized carbons (Fsp3) is 0.538. The number of alkyl halides is 2. The highest BCUT2D eigenvalue weighted by Crippen LogP contribution is 2.27. The maximum Gasteiger partial charge on any atom is 0.341 e. The quantitative estimate of drug-likeness (QED) is 0.614. The van der Waals surface area contributed by atoms with E-state index in [0.29, 0.717) is 0 Å². The third-order valence-electron chi connectivity index (χ3n) is 2.69. The molecule has 5 nitrogen and oxygen atoms in total. The molecule has 0 spiro atoms. The van der Waals surface area contributed by atoms with Gasteiger partial charge in [0, 0.05) is 12.4 Å². The van der Waals surface area contributed by atoms with E-state index in [9.17, 15) is 18.7 Å². The Morgan fingerprint density at radius 3 is 2.70 bits per heavy atom. The highest BCUT2D eigenvalue weighted by Gasteiger charge is 2.45. The zero-order chi connectivity index (χ0) is 15.4. The third-order valence-corrected chi connectivity index (χ3v) is 2.69. The summed E-state index contributed by atoms with van der Waals surface area (Å²) in [5, 5.41) is 11.7. The number of hydrogen-bond donors (Lipinski definition) is 2. The van der Waals surface area contributed by atoms with E-state index in [4.69, 9.17) is 4.74 Å². The molecule has 1 unspecified atom stereocenters. The summed E-state index contributed by atoms with van der Waals surface area (Å²) in [7, 11) is 0. The highest BCUT2D eigenvalue weighted by molar-refractivity contribution is 5.88. The zero-order valence-electron chi connectivity index (χ0n) is 11.6. The molecule has 112 valence electrons. The Morgan fingerprint density at radius 1 is 1.55 bits per heavy atom. The summed E-state index contributed by atoms with van der Waals surface area (Å²) in [6.07, 6.45) is 1.90. The first-order valence-corrected chi connectivity index (χ1v) is 6.08. The van der Waals surface area contributed by atoms with Gasteiger partial charge in [-0.3, -0.25) is 10.3 Å². The second-order valence-corrected chi connectivity index (χ2v) is 4.93. The van der Waals surface area contributed by atoms with Crippen LogP contribution >= 0.6 is 0 Å². The number of pyridine rings is 1. The number of hydrogen-bond acceptors (Lipinski definition) is 5. The number of halogens is 2. The molecule has 0 fully saturated rings. The molecule has 1 aromatic heterocycles. The molecule has 1 atom stereocenters. The molecule has 7 heteroatoms. The number of esters is 1. The van der Waals surface area contributed by atoms with Crippen LogP contribution in [0.2, 0.25) is 0 Å². The summed E-state index contributed by atoms with van der Waals surface area (Å²) < 4.78 is 31.9. The van der Waals surface area contributed by atoms with E-state index in [1.807, 2.05) is 0 Å². The summed E-state index contributed by atoms with van der Waals surface area (Å²) >= 11 is 0.